The van der Waals surface area contributed by atoms with Crippen molar-refractivity contribution >= 4 is 33.3 Å². The number of anilines is 3. The fourth-order valence-corrected chi connectivity index (χ4v) is 1.93. The molecule has 1 heterocycles. The average Bonchev–Trinajstić information content (AvgIpc) is 2.42. The van der Waals surface area contributed by atoms with Gasteiger partial charge in [-0.3, -0.25) is 0 Å². The standard InChI is InChI=1S/C13H16BrN5/c14-10-4-1-2-5-11(10)19-13-8-12(17-9-18-13)16-7-3-6-15/h1-2,4-5,8-9H,3,6-7,15H2,(H2,16,17,18,19). The normalized spacial score (nSPS) is 10.2. The summed E-state index contributed by atoms with van der Waals surface area (Å²) in [6.07, 6.45) is 2.45. The highest BCUT2D eigenvalue weighted by atomic mass is 79.9. The molecule has 0 aliphatic carbocycles. The fourth-order valence-electron chi connectivity index (χ4n) is 1.54. The summed E-state index contributed by atoms with van der Waals surface area (Å²) in [5.41, 5.74) is 6.42. The minimum atomic E-state index is 0.667. The number of hydrogen-bond donors (Lipinski definition) is 3. The molecule has 0 atom stereocenters. The molecule has 100 valence electrons. The third-order valence-corrected chi connectivity index (χ3v) is 3.18. The molecule has 0 fully saturated rings. The van der Waals surface area contributed by atoms with E-state index < -0.39 is 0 Å². The van der Waals surface area contributed by atoms with Gasteiger partial charge in [0.05, 0.1) is 5.69 Å². The van der Waals surface area contributed by atoms with Gasteiger partial charge in [0.15, 0.2) is 0 Å². The maximum atomic E-state index is 5.45. The highest BCUT2D eigenvalue weighted by Crippen LogP contribution is 2.24. The summed E-state index contributed by atoms with van der Waals surface area (Å²) >= 11 is 3.49. The lowest BCUT2D eigenvalue weighted by Gasteiger charge is -2.09. The van der Waals surface area contributed by atoms with Crippen LogP contribution in [0.15, 0.2) is 41.1 Å². The van der Waals surface area contributed by atoms with E-state index in [2.05, 4.69) is 36.5 Å². The first-order valence-corrected chi connectivity index (χ1v) is 6.86. The van der Waals surface area contributed by atoms with Gasteiger partial charge in [-0.15, -0.1) is 0 Å². The van der Waals surface area contributed by atoms with Crippen LogP contribution in [0.2, 0.25) is 0 Å². The van der Waals surface area contributed by atoms with E-state index in [1.807, 2.05) is 30.3 Å². The first-order chi connectivity index (χ1) is 9.29. The van der Waals surface area contributed by atoms with Gasteiger partial charge in [0.25, 0.3) is 0 Å². The van der Waals surface area contributed by atoms with Gasteiger partial charge in [0, 0.05) is 17.1 Å². The molecular weight excluding hydrogens is 306 g/mol. The van der Waals surface area contributed by atoms with Crippen molar-refractivity contribution in [2.24, 2.45) is 5.73 Å². The molecule has 0 saturated heterocycles. The first-order valence-electron chi connectivity index (χ1n) is 6.07. The van der Waals surface area contributed by atoms with E-state index in [4.69, 9.17) is 5.73 Å². The number of nitrogens with zero attached hydrogens (tertiary/aromatic N) is 2. The van der Waals surface area contributed by atoms with Crippen molar-refractivity contribution in [3.05, 3.63) is 41.1 Å². The molecule has 5 nitrogen and oxygen atoms in total. The molecule has 6 heteroatoms. The second-order valence-electron chi connectivity index (χ2n) is 3.96. The summed E-state index contributed by atoms with van der Waals surface area (Å²) in [6.45, 7) is 1.47. The molecule has 0 aliphatic heterocycles. The van der Waals surface area contributed by atoms with Crippen molar-refractivity contribution in [3.8, 4) is 0 Å². The lowest BCUT2D eigenvalue weighted by molar-refractivity contribution is 0.869. The smallest absolute Gasteiger partial charge is 0.135 e. The van der Waals surface area contributed by atoms with Gasteiger partial charge in [0.1, 0.15) is 18.0 Å². The van der Waals surface area contributed by atoms with Crippen molar-refractivity contribution in [3.63, 3.8) is 0 Å². The number of hydrogen-bond acceptors (Lipinski definition) is 5. The zero-order valence-corrected chi connectivity index (χ0v) is 12.0. The molecule has 0 spiro atoms. The van der Waals surface area contributed by atoms with Gasteiger partial charge in [-0.25, -0.2) is 9.97 Å². The van der Waals surface area contributed by atoms with Crippen LogP contribution in [0, 0.1) is 0 Å². The van der Waals surface area contributed by atoms with E-state index in [1.165, 1.54) is 6.33 Å². The number of benzene rings is 1. The third-order valence-electron chi connectivity index (χ3n) is 2.49. The van der Waals surface area contributed by atoms with E-state index in [1.54, 1.807) is 0 Å². The minimum Gasteiger partial charge on any atom is -0.370 e. The lowest BCUT2D eigenvalue weighted by Crippen LogP contribution is -2.09. The number of rotatable bonds is 6. The largest absolute Gasteiger partial charge is 0.370 e. The second-order valence-corrected chi connectivity index (χ2v) is 4.82. The number of para-hydroxylation sites is 1. The summed E-state index contributed by atoms with van der Waals surface area (Å²) in [5.74, 6) is 1.54. The van der Waals surface area contributed by atoms with Crippen LogP contribution in [-0.2, 0) is 0 Å². The van der Waals surface area contributed by atoms with E-state index >= 15 is 0 Å². The van der Waals surface area contributed by atoms with Crippen LogP contribution in [0.3, 0.4) is 0 Å². The van der Waals surface area contributed by atoms with E-state index in [9.17, 15) is 0 Å². The monoisotopic (exact) mass is 321 g/mol. The van der Waals surface area contributed by atoms with Gasteiger partial charge >= 0.3 is 0 Å². The van der Waals surface area contributed by atoms with Crippen LogP contribution in [0.1, 0.15) is 6.42 Å². The van der Waals surface area contributed by atoms with Gasteiger partial charge in [-0.05, 0) is 41.0 Å². The molecular formula is C13H16BrN5. The molecule has 0 unspecified atom stereocenters. The molecule has 0 bridgehead atoms. The Hall–Kier alpha value is -1.66. The van der Waals surface area contributed by atoms with Gasteiger partial charge in [0.2, 0.25) is 0 Å². The molecule has 0 aliphatic rings. The Morgan fingerprint density at radius 2 is 1.95 bits per heavy atom. The van der Waals surface area contributed by atoms with E-state index in [-0.39, 0.29) is 0 Å². The zero-order chi connectivity index (χ0) is 13.5. The predicted octanol–water partition coefficient (Wildman–Crippen LogP) is 2.74. The quantitative estimate of drug-likeness (QED) is 0.713. The summed E-state index contributed by atoms with van der Waals surface area (Å²) in [5, 5.41) is 6.44. The van der Waals surface area contributed by atoms with Crippen molar-refractivity contribution < 1.29 is 0 Å². The third kappa shape index (κ3) is 4.18. The van der Waals surface area contributed by atoms with Gasteiger partial charge in [-0.2, -0.15) is 0 Å². The van der Waals surface area contributed by atoms with E-state index in [0.717, 1.165) is 34.8 Å². The highest BCUT2D eigenvalue weighted by molar-refractivity contribution is 9.10. The molecule has 0 saturated carbocycles. The van der Waals surface area contributed by atoms with Crippen molar-refractivity contribution in [1.29, 1.82) is 0 Å². The van der Waals surface area contributed by atoms with Crippen LogP contribution in [-0.4, -0.2) is 23.1 Å². The second kappa shape index (κ2) is 7.06. The molecule has 0 radical (unpaired) electrons. The lowest BCUT2D eigenvalue weighted by atomic mass is 10.3. The van der Waals surface area contributed by atoms with Crippen molar-refractivity contribution in [1.82, 2.24) is 9.97 Å². The summed E-state index contributed by atoms with van der Waals surface area (Å²) in [7, 11) is 0. The number of halogens is 1. The summed E-state index contributed by atoms with van der Waals surface area (Å²) in [4.78, 5) is 8.36. The van der Waals surface area contributed by atoms with Crippen LogP contribution >= 0.6 is 15.9 Å². The molecule has 19 heavy (non-hydrogen) atoms. The van der Waals surface area contributed by atoms with Crippen LogP contribution in [0.25, 0.3) is 0 Å². The Balaban J connectivity index is 2.05. The van der Waals surface area contributed by atoms with Crippen LogP contribution < -0.4 is 16.4 Å². The maximum Gasteiger partial charge on any atom is 0.135 e. The summed E-state index contributed by atoms with van der Waals surface area (Å²) in [6, 6.07) is 9.76. The predicted molar refractivity (Wildman–Crippen MR) is 81.6 cm³/mol. The fraction of sp³-hybridized carbons (Fsp3) is 0.231. The molecule has 1 aromatic carbocycles. The number of aromatic nitrogens is 2. The first kappa shape index (κ1) is 13.8. The topological polar surface area (TPSA) is 75.9 Å². The minimum absolute atomic E-state index is 0.667. The molecule has 1 aromatic heterocycles. The highest BCUT2D eigenvalue weighted by Gasteiger charge is 2.01. The van der Waals surface area contributed by atoms with Crippen LogP contribution in [0.5, 0.6) is 0 Å². The van der Waals surface area contributed by atoms with Crippen molar-refractivity contribution in [2.45, 2.75) is 6.42 Å². The zero-order valence-electron chi connectivity index (χ0n) is 10.4. The Morgan fingerprint density at radius 3 is 2.74 bits per heavy atom. The number of nitrogens with one attached hydrogen (secondary N) is 2. The Morgan fingerprint density at radius 1 is 1.16 bits per heavy atom. The average molecular weight is 322 g/mol. The SMILES string of the molecule is NCCCNc1cc(Nc2ccccc2Br)ncn1. The molecule has 0 amide bonds. The van der Waals surface area contributed by atoms with E-state index in [0.29, 0.717) is 6.54 Å². The molecule has 2 aromatic rings. The van der Waals surface area contributed by atoms with Gasteiger partial charge < -0.3 is 16.4 Å². The number of nitrogens with two attached hydrogens (primary N) is 1. The van der Waals surface area contributed by atoms with Crippen molar-refractivity contribution in [2.75, 3.05) is 23.7 Å². The molecule has 4 N–H and O–H groups in total. The maximum absolute atomic E-state index is 5.45. The summed E-state index contributed by atoms with van der Waals surface area (Å²) < 4.78 is 0.992. The van der Waals surface area contributed by atoms with Crippen LogP contribution in [0.4, 0.5) is 17.3 Å². The Kier molecular flexibility index (Phi) is 5.11. The van der Waals surface area contributed by atoms with Gasteiger partial charge in [-0.1, -0.05) is 12.1 Å². The Bertz CT molecular complexity index is 532. The molecule has 2 rings (SSSR count). The Labute approximate surface area is 120 Å².